The van der Waals surface area contributed by atoms with Crippen molar-refractivity contribution in [1.29, 1.82) is 0 Å². The van der Waals surface area contributed by atoms with E-state index in [2.05, 4.69) is 21.7 Å². The monoisotopic (exact) mass is 259 g/mol. The Hall–Kier alpha value is -1.42. The summed E-state index contributed by atoms with van der Waals surface area (Å²) in [6.45, 7) is 7.24. The van der Waals surface area contributed by atoms with Crippen LogP contribution in [0.25, 0.3) is 0 Å². The van der Waals surface area contributed by atoms with Gasteiger partial charge in [-0.1, -0.05) is 0 Å². The van der Waals surface area contributed by atoms with E-state index in [0.717, 1.165) is 24.5 Å². The molecule has 0 spiro atoms. The minimum atomic E-state index is 0.107. The Balaban J connectivity index is 1.84. The van der Waals surface area contributed by atoms with Crippen LogP contribution in [-0.4, -0.2) is 47.4 Å². The van der Waals surface area contributed by atoms with Crippen LogP contribution in [0.3, 0.4) is 0 Å². The van der Waals surface area contributed by atoms with Crippen LogP contribution in [0.4, 0.5) is 5.82 Å². The SMILES string of the molecule is CC(=O)c1ccnc(N2CC3CCCN3CC2C)c1. The molecule has 2 saturated heterocycles. The summed E-state index contributed by atoms with van der Waals surface area (Å²) >= 11 is 0. The van der Waals surface area contributed by atoms with Crippen LogP contribution in [0.15, 0.2) is 18.3 Å². The highest BCUT2D eigenvalue weighted by molar-refractivity contribution is 5.94. The van der Waals surface area contributed by atoms with Gasteiger partial charge in [-0.05, 0) is 45.4 Å². The largest absolute Gasteiger partial charge is 0.351 e. The summed E-state index contributed by atoms with van der Waals surface area (Å²) in [5, 5.41) is 0. The van der Waals surface area contributed by atoms with Crippen molar-refractivity contribution >= 4 is 11.6 Å². The zero-order valence-electron chi connectivity index (χ0n) is 11.7. The predicted octanol–water partition coefficient (Wildman–Crippen LogP) is 1.96. The van der Waals surface area contributed by atoms with Gasteiger partial charge in [0.05, 0.1) is 0 Å². The Kier molecular flexibility index (Phi) is 3.27. The highest BCUT2D eigenvalue weighted by Crippen LogP contribution is 2.27. The number of anilines is 1. The minimum Gasteiger partial charge on any atom is -0.351 e. The minimum absolute atomic E-state index is 0.107. The average molecular weight is 259 g/mol. The van der Waals surface area contributed by atoms with E-state index in [4.69, 9.17) is 0 Å². The Bertz CT molecular complexity index is 488. The summed E-state index contributed by atoms with van der Waals surface area (Å²) in [7, 11) is 0. The maximum absolute atomic E-state index is 11.5. The fraction of sp³-hybridized carbons (Fsp3) is 0.600. The summed E-state index contributed by atoms with van der Waals surface area (Å²) in [5.41, 5.74) is 0.756. The Morgan fingerprint density at radius 1 is 1.42 bits per heavy atom. The first kappa shape index (κ1) is 12.6. The maximum Gasteiger partial charge on any atom is 0.159 e. The van der Waals surface area contributed by atoms with Crippen LogP contribution in [0.5, 0.6) is 0 Å². The van der Waals surface area contributed by atoms with Crippen molar-refractivity contribution in [1.82, 2.24) is 9.88 Å². The molecule has 2 aliphatic rings. The number of hydrogen-bond acceptors (Lipinski definition) is 4. The third-order valence-electron chi connectivity index (χ3n) is 4.38. The summed E-state index contributed by atoms with van der Waals surface area (Å²) in [5.74, 6) is 1.06. The number of piperazine rings is 1. The van der Waals surface area contributed by atoms with Gasteiger partial charge in [0.25, 0.3) is 0 Å². The second-order valence-electron chi connectivity index (χ2n) is 5.75. The highest BCUT2D eigenvalue weighted by Gasteiger charge is 2.34. The lowest BCUT2D eigenvalue weighted by molar-refractivity contribution is 0.101. The molecule has 0 aromatic carbocycles. The van der Waals surface area contributed by atoms with Crippen LogP contribution < -0.4 is 4.90 Å². The van der Waals surface area contributed by atoms with Gasteiger partial charge in [0, 0.05) is 36.9 Å². The first-order chi connectivity index (χ1) is 9.15. The topological polar surface area (TPSA) is 36.4 Å². The average Bonchev–Trinajstić information content (AvgIpc) is 2.85. The van der Waals surface area contributed by atoms with Crippen molar-refractivity contribution in [3.63, 3.8) is 0 Å². The smallest absolute Gasteiger partial charge is 0.159 e. The number of fused-ring (bicyclic) bond motifs is 1. The zero-order chi connectivity index (χ0) is 13.4. The van der Waals surface area contributed by atoms with Crippen molar-refractivity contribution in [2.24, 2.45) is 0 Å². The third kappa shape index (κ3) is 2.37. The van der Waals surface area contributed by atoms with Gasteiger partial charge in [-0.3, -0.25) is 9.69 Å². The molecule has 2 atom stereocenters. The second kappa shape index (κ2) is 4.93. The van der Waals surface area contributed by atoms with Crippen molar-refractivity contribution in [2.75, 3.05) is 24.5 Å². The molecule has 3 heterocycles. The molecule has 0 N–H and O–H groups in total. The molecule has 0 aliphatic carbocycles. The molecule has 4 nitrogen and oxygen atoms in total. The number of nitrogens with zero attached hydrogens (tertiary/aromatic N) is 3. The van der Waals surface area contributed by atoms with Crippen LogP contribution in [0.2, 0.25) is 0 Å². The molecule has 19 heavy (non-hydrogen) atoms. The van der Waals surface area contributed by atoms with Gasteiger partial charge in [-0.15, -0.1) is 0 Å². The van der Waals surface area contributed by atoms with E-state index in [1.807, 2.05) is 6.07 Å². The van der Waals surface area contributed by atoms with E-state index in [1.165, 1.54) is 19.4 Å². The first-order valence-corrected chi connectivity index (χ1v) is 7.13. The van der Waals surface area contributed by atoms with Crippen LogP contribution in [0.1, 0.15) is 37.0 Å². The summed E-state index contributed by atoms with van der Waals surface area (Å²) in [4.78, 5) is 20.9. The maximum atomic E-state index is 11.5. The van der Waals surface area contributed by atoms with E-state index in [9.17, 15) is 4.79 Å². The standard InChI is InChI=1S/C15H21N3O/c1-11-9-17-7-3-4-14(17)10-18(11)15-8-13(12(2)19)5-6-16-15/h5-6,8,11,14H,3-4,7,9-10H2,1-2H3. The molecule has 3 rings (SSSR count). The molecule has 2 aliphatic heterocycles. The predicted molar refractivity (Wildman–Crippen MR) is 75.6 cm³/mol. The van der Waals surface area contributed by atoms with E-state index < -0.39 is 0 Å². The summed E-state index contributed by atoms with van der Waals surface area (Å²) < 4.78 is 0. The fourth-order valence-corrected chi connectivity index (χ4v) is 3.30. The molecule has 0 amide bonds. The Morgan fingerprint density at radius 2 is 2.26 bits per heavy atom. The van der Waals surface area contributed by atoms with Gasteiger partial charge in [-0.2, -0.15) is 0 Å². The highest BCUT2D eigenvalue weighted by atomic mass is 16.1. The molecule has 4 heteroatoms. The van der Waals surface area contributed by atoms with Gasteiger partial charge in [-0.25, -0.2) is 4.98 Å². The Labute approximate surface area is 114 Å². The molecule has 1 aromatic rings. The number of carbonyl (C=O) groups is 1. The van der Waals surface area contributed by atoms with Gasteiger partial charge < -0.3 is 4.90 Å². The number of aromatic nitrogens is 1. The normalized spacial score (nSPS) is 27.4. The molecule has 0 radical (unpaired) electrons. The third-order valence-corrected chi connectivity index (χ3v) is 4.38. The number of carbonyl (C=O) groups excluding carboxylic acids is 1. The lowest BCUT2D eigenvalue weighted by Gasteiger charge is -2.43. The molecule has 0 saturated carbocycles. The lowest BCUT2D eigenvalue weighted by atomic mass is 10.1. The number of Topliss-reactive ketones (excluding diaryl/α,β-unsaturated/α-hetero) is 1. The van der Waals surface area contributed by atoms with E-state index in [0.29, 0.717) is 12.1 Å². The van der Waals surface area contributed by atoms with Crippen LogP contribution >= 0.6 is 0 Å². The van der Waals surface area contributed by atoms with Gasteiger partial charge in [0.2, 0.25) is 0 Å². The number of rotatable bonds is 2. The molecule has 0 bridgehead atoms. The van der Waals surface area contributed by atoms with Crippen LogP contribution in [0, 0.1) is 0 Å². The fourth-order valence-electron chi connectivity index (χ4n) is 3.30. The van der Waals surface area contributed by atoms with Crippen molar-refractivity contribution in [2.45, 2.75) is 38.8 Å². The van der Waals surface area contributed by atoms with Gasteiger partial charge in [0.15, 0.2) is 5.78 Å². The number of ketones is 1. The first-order valence-electron chi connectivity index (χ1n) is 7.13. The molecule has 1 aromatic heterocycles. The summed E-state index contributed by atoms with van der Waals surface area (Å²) in [6, 6.07) is 4.86. The van der Waals surface area contributed by atoms with Crippen molar-refractivity contribution < 1.29 is 4.79 Å². The molecule has 2 unspecified atom stereocenters. The summed E-state index contributed by atoms with van der Waals surface area (Å²) in [6.07, 6.45) is 4.35. The molecular weight excluding hydrogens is 238 g/mol. The Morgan fingerprint density at radius 3 is 3.05 bits per heavy atom. The van der Waals surface area contributed by atoms with E-state index in [-0.39, 0.29) is 5.78 Å². The van der Waals surface area contributed by atoms with Gasteiger partial charge in [0.1, 0.15) is 5.82 Å². The number of hydrogen-bond donors (Lipinski definition) is 0. The van der Waals surface area contributed by atoms with Crippen molar-refractivity contribution in [3.05, 3.63) is 23.9 Å². The molecule has 102 valence electrons. The number of pyridine rings is 1. The van der Waals surface area contributed by atoms with E-state index >= 15 is 0 Å². The van der Waals surface area contributed by atoms with Crippen LogP contribution in [-0.2, 0) is 0 Å². The van der Waals surface area contributed by atoms with Gasteiger partial charge >= 0.3 is 0 Å². The second-order valence-corrected chi connectivity index (χ2v) is 5.75. The zero-order valence-corrected chi connectivity index (χ0v) is 11.7. The molecule has 2 fully saturated rings. The molecular formula is C15H21N3O. The van der Waals surface area contributed by atoms with Crippen molar-refractivity contribution in [3.8, 4) is 0 Å². The van der Waals surface area contributed by atoms with E-state index in [1.54, 1.807) is 19.2 Å². The lowest BCUT2D eigenvalue weighted by Crippen LogP contribution is -2.55. The quantitative estimate of drug-likeness (QED) is 0.761.